The van der Waals surface area contributed by atoms with E-state index in [1.165, 1.54) is 12.8 Å². The summed E-state index contributed by atoms with van der Waals surface area (Å²) in [4.78, 5) is 4.01. The van der Waals surface area contributed by atoms with E-state index in [1.54, 1.807) is 0 Å². The lowest BCUT2D eigenvalue weighted by atomic mass is 9.99. The predicted molar refractivity (Wildman–Crippen MR) is 43.2 cm³/mol. The summed E-state index contributed by atoms with van der Waals surface area (Å²) in [5.74, 6) is 0. The van der Waals surface area contributed by atoms with E-state index in [0.29, 0.717) is 0 Å². The first-order valence-electron chi connectivity index (χ1n) is 3.60. The summed E-state index contributed by atoms with van der Waals surface area (Å²) < 4.78 is 0. The van der Waals surface area contributed by atoms with Crippen LogP contribution in [0.4, 0.5) is 0 Å². The fourth-order valence-corrected chi connectivity index (χ4v) is 0.688. The number of nitrogens with zero attached hydrogens (tertiary/aromatic N) is 1. The van der Waals surface area contributed by atoms with E-state index >= 15 is 0 Å². The molecular formula is C8H17N. The number of hydrogen-bond acceptors (Lipinski definition) is 1. The van der Waals surface area contributed by atoms with Crippen molar-refractivity contribution in [3.63, 3.8) is 0 Å². The molecule has 0 rings (SSSR count). The minimum absolute atomic E-state index is 0.107. The maximum Gasteiger partial charge on any atom is 0.0545 e. The van der Waals surface area contributed by atoms with Crippen LogP contribution in [0.3, 0.4) is 0 Å². The Bertz CT molecular complexity index is 84.6. The Morgan fingerprint density at radius 1 is 1.44 bits per heavy atom. The first-order chi connectivity index (χ1) is 4.12. The van der Waals surface area contributed by atoms with E-state index in [4.69, 9.17) is 0 Å². The molecule has 0 aliphatic rings. The standard InChI is InChI=1S/C8H17N/c1-5-6-7-8(2,3)9-4/h4-7H2,1-3H3. The van der Waals surface area contributed by atoms with Crippen LogP contribution in [0.25, 0.3) is 0 Å². The molecule has 0 bridgehead atoms. The van der Waals surface area contributed by atoms with Crippen molar-refractivity contribution < 1.29 is 0 Å². The summed E-state index contributed by atoms with van der Waals surface area (Å²) in [5, 5.41) is 0. The molecule has 0 aromatic heterocycles. The van der Waals surface area contributed by atoms with Gasteiger partial charge in [0.25, 0.3) is 0 Å². The molecule has 54 valence electrons. The molecule has 0 aliphatic heterocycles. The Balaban J connectivity index is 3.45. The van der Waals surface area contributed by atoms with Gasteiger partial charge < -0.3 is 0 Å². The van der Waals surface area contributed by atoms with Crippen molar-refractivity contribution in [3.05, 3.63) is 0 Å². The summed E-state index contributed by atoms with van der Waals surface area (Å²) in [6.45, 7) is 9.97. The second-order valence-electron chi connectivity index (χ2n) is 3.07. The second kappa shape index (κ2) is 3.65. The first-order valence-corrected chi connectivity index (χ1v) is 3.60. The lowest BCUT2D eigenvalue weighted by Gasteiger charge is -2.17. The van der Waals surface area contributed by atoms with Crippen molar-refractivity contribution in [1.82, 2.24) is 0 Å². The van der Waals surface area contributed by atoms with E-state index in [9.17, 15) is 0 Å². The van der Waals surface area contributed by atoms with E-state index in [-0.39, 0.29) is 5.54 Å². The van der Waals surface area contributed by atoms with Gasteiger partial charge >= 0.3 is 0 Å². The van der Waals surface area contributed by atoms with E-state index < -0.39 is 0 Å². The van der Waals surface area contributed by atoms with Crippen LogP contribution < -0.4 is 0 Å². The predicted octanol–water partition coefficient (Wildman–Crippen LogP) is 2.66. The van der Waals surface area contributed by atoms with Gasteiger partial charge in [-0.25, -0.2) is 0 Å². The Kier molecular flexibility index (Phi) is 3.52. The summed E-state index contributed by atoms with van der Waals surface area (Å²) >= 11 is 0. The third-order valence-corrected chi connectivity index (χ3v) is 1.57. The van der Waals surface area contributed by atoms with Crippen molar-refractivity contribution in [2.45, 2.75) is 45.6 Å². The fraction of sp³-hybridized carbons (Fsp3) is 0.875. The topological polar surface area (TPSA) is 12.4 Å². The molecule has 0 saturated carbocycles. The van der Waals surface area contributed by atoms with Gasteiger partial charge in [-0.1, -0.05) is 19.8 Å². The molecule has 1 nitrogen and oxygen atoms in total. The van der Waals surface area contributed by atoms with Gasteiger partial charge in [0.15, 0.2) is 0 Å². The van der Waals surface area contributed by atoms with Crippen molar-refractivity contribution in [2.75, 3.05) is 0 Å². The van der Waals surface area contributed by atoms with E-state index in [2.05, 4.69) is 32.5 Å². The molecular weight excluding hydrogens is 110 g/mol. The number of rotatable bonds is 4. The zero-order valence-electron chi connectivity index (χ0n) is 6.78. The van der Waals surface area contributed by atoms with E-state index in [1.807, 2.05) is 0 Å². The normalized spacial score (nSPS) is 11.4. The molecule has 0 radical (unpaired) electrons. The first kappa shape index (κ1) is 8.67. The zero-order valence-corrected chi connectivity index (χ0v) is 6.78. The molecule has 0 spiro atoms. The molecule has 0 amide bonds. The maximum atomic E-state index is 4.01. The van der Waals surface area contributed by atoms with Gasteiger partial charge in [0.2, 0.25) is 0 Å². The van der Waals surface area contributed by atoms with Crippen molar-refractivity contribution >= 4 is 6.72 Å². The Labute approximate surface area is 58.2 Å². The van der Waals surface area contributed by atoms with Crippen LogP contribution in [0.15, 0.2) is 4.99 Å². The lowest BCUT2D eigenvalue weighted by molar-refractivity contribution is 0.462. The van der Waals surface area contributed by atoms with Crippen LogP contribution in [0, 0.1) is 0 Å². The molecule has 1 heteroatoms. The average Bonchev–Trinajstić information content (AvgIpc) is 1.84. The molecule has 0 atom stereocenters. The van der Waals surface area contributed by atoms with Gasteiger partial charge in [-0.15, -0.1) is 0 Å². The van der Waals surface area contributed by atoms with Crippen LogP contribution in [-0.2, 0) is 0 Å². The molecule has 0 aliphatic carbocycles. The monoisotopic (exact) mass is 127 g/mol. The second-order valence-corrected chi connectivity index (χ2v) is 3.07. The van der Waals surface area contributed by atoms with Gasteiger partial charge in [0.1, 0.15) is 0 Å². The molecule has 9 heavy (non-hydrogen) atoms. The van der Waals surface area contributed by atoms with Crippen LogP contribution in [0.5, 0.6) is 0 Å². The van der Waals surface area contributed by atoms with Gasteiger partial charge in [-0.3, -0.25) is 4.99 Å². The van der Waals surface area contributed by atoms with Crippen LogP contribution in [0.1, 0.15) is 40.0 Å². The third kappa shape index (κ3) is 4.19. The van der Waals surface area contributed by atoms with Crippen LogP contribution >= 0.6 is 0 Å². The molecule has 0 saturated heterocycles. The summed E-state index contributed by atoms with van der Waals surface area (Å²) in [7, 11) is 0. The molecule has 0 heterocycles. The van der Waals surface area contributed by atoms with Gasteiger partial charge in [0, 0.05) is 0 Å². The summed E-state index contributed by atoms with van der Waals surface area (Å²) in [6.07, 6.45) is 3.66. The highest BCUT2D eigenvalue weighted by Gasteiger charge is 2.11. The zero-order chi connectivity index (χ0) is 7.33. The Morgan fingerprint density at radius 3 is 2.33 bits per heavy atom. The molecule has 0 unspecified atom stereocenters. The highest BCUT2D eigenvalue weighted by atomic mass is 14.8. The average molecular weight is 127 g/mol. The number of hydrogen-bond donors (Lipinski definition) is 0. The van der Waals surface area contributed by atoms with Crippen molar-refractivity contribution in [3.8, 4) is 0 Å². The number of unbranched alkanes of at least 4 members (excludes halogenated alkanes) is 1. The SMILES string of the molecule is C=NC(C)(C)CCCC. The highest BCUT2D eigenvalue weighted by Crippen LogP contribution is 2.16. The minimum Gasteiger partial charge on any atom is -0.295 e. The summed E-state index contributed by atoms with van der Waals surface area (Å²) in [5.41, 5.74) is 0.107. The van der Waals surface area contributed by atoms with Gasteiger partial charge in [-0.2, -0.15) is 0 Å². The molecule has 0 N–H and O–H groups in total. The van der Waals surface area contributed by atoms with Gasteiger partial charge in [-0.05, 0) is 27.0 Å². The number of aliphatic imine (C=N–C) groups is 1. The minimum atomic E-state index is 0.107. The highest BCUT2D eigenvalue weighted by molar-refractivity contribution is 5.25. The third-order valence-electron chi connectivity index (χ3n) is 1.57. The van der Waals surface area contributed by atoms with Gasteiger partial charge in [0.05, 0.1) is 5.54 Å². The largest absolute Gasteiger partial charge is 0.295 e. The Hall–Kier alpha value is -0.330. The van der Waals surface area contributed by atoms with Crippen LogP contribution in [-0.4, -0.2) is 12.3 Å². The lowest BCUT2D eigenvalue weighted by Crippen LogP contribution is -2.14. The fourth-order valence-electron chi connectivity index (χ4n) is 0.688. The van der Waals surface area contributed by atoms with E-state index in [0.717, 1.165) is 6.42 Å². The molecule has 0 aromatic rings. The smallest absolute Gasteiger partial charge is 0.0545 e. The summed E-state index contributed by atoms with van der Waals surface area (Å²) in [6, 6.07) is 0. The molecule has 0 aromatic carbocycles. The quantitative estimate of drug-likeness (QED) is 0.515. The van der Waals surface area contributed by atoms with Crippen molar-refractivity contribution in [2.24, 2.45) is 4.99 Å². The maximum absolute atomic E-state index is 4.01. The Morgan fingerprint density at radius 2 is 2.00 bits per heavy atom. The molecule has 0 fully saturated rings. The van der Waals surface area contributed by atoms with Crippen LogP contribution in [0.2, 0.25) is 0 Å². The van der Waals surface area contributed by atoms with Crippen molar-refractivity contribution in [1.29, 1.82) is 0 Å².